The predicted octanol–water partition coefficient (Wildman–Crippen LogP) is 2.65. The van der Waals surface area contributed by atoms with Gasteiger partial charge in [-0.3, -0.25) is 19.3 Å². The van der Waals surface area contributed by atoms with Gasteiger partial charge in [-0.25, -0.2) is 8.42 Å². The van der Waals surface area contributed by atoms with E-state index in [9.17, 15) is 18.0 Å². The van der Waals surface area contributed by atoms with Gasteiger partial charge < -0.3 is 15.0 Å². The molecule has 0 aromatic heterocycles. The van der Waals surface area contributed by atoms with Gasteiger partial charge in [0.15, 0.2) is 6.61 Å². The number of benzene rings is 2. The average Bonchev–Trinajstić information content (AvgIpc) is 3.04. The molecule has 2 N–H and O–H groups in total. The zero-order valence-electron chi connectivity index (χ0n) is 18.3. The van der Waals surface area contributed by atoms with Crippen molar-refractivity contribution >= 4 is 45.0 Å². The average molecular weight is 493 g/mol. The number of nitrogens with zero attached hydrogens (tertiary/aromatic N) is 2. The molecular weight excluding hydrogens is 468 g/mol. The Labute approximate surface area is 197 Å². The normalized spacial score (nSPS) is 14.9. The SMILES string of the molecule is CCN(CC)C(=O)COc1ccc(NC(=O)CCN=C2NS(=O)(=O)c3ccccc32)cc1Cl. The van der Waals surface area contributed by atoms with Gasteiger partial charge >= 0.3 is 0 Å². The van der Waals surface area contributed by atoms with E-state index >= 15 is 0 Å². The highest BCUT2D eigenvalue weighted by molar-refractivity contribution is 7.90. The number of fused-ring (bicyclic) bond motifs is 1. The van der Waals surface area contributed by atoms with E-state index in [0.717, 1.165) is 0 Å². The summed E-state index contributed by atoms with van der Waals surface area (Å²) in [4.78, 5) is 30.4. The van der Waals surface area contributed by atoms with Crippen LogP contribution in [0.15, 0.2) is 52.4 Å². The Hall–Kier alpha value is -3.11. The van der Waals surface area contributed by atoms with Crippen LogP contribution in [0.3, 0.4) is 0 Å². The molecule has 33 heavy (non-hydrogen) atoms. The maximum atomic E-state index is 12.3. The first-order valence-electron chi connectivity index (χ1n) is 10.4. The quantitative estimate of drug-likeness (QED) is 0.558. The van der Waals surface area contributed by atoms with Crippen molar-refractivity contribution in [1.82, 2.24) is 9.62 Å². The standard InChI is InChI=1S/C22H25ClN4O5S/c1-3-27(4-2)21(29)14-32-18-10-9-15(13-17(18)23)25-20(28)11-12-24-22-16-7-5-6-8-19(16)33(30,31)26-22/h5-10,13H,3-4,11-12,14H2,1-2H3,(H,24,26)(H,25,28). The minimum Gasteiger partial charge on any atom is -0.482 e. The second-order valence-corrected chi connectivity index (χ2v) is 9.19. The molecule has 1 aliphatic heterocycles. The van der Waals surface area contributed by atoms with Crippen LogP contribution in [-0.2, 0) is 19.6 Å². The Kier molecular flexibility index (Phi) is 7.93. The highest BCUT2D eigenvalue weighted by Gasteiger charge is 2.29. The summed E-state index contributed by atoms with van der Waals surface area (Å²) >= 11 is 6.22. The van der Waals surface area contributed by atoms with E-state index in [4.69, 9.17) is 16.3 Å². The largest absolute Gasteiger partial charge is 0.482 e. The van der Waals surface area contributed by atoms with E-state index in [2.05, 4.69) is 15.0 Å². The molecule has 2 amide bonds. The van der Waals surface area contributed by atoms with Gasteiger partial charge in [-0.05, 0) is 44.2 Å². The second-order valence-electron chi connectivity index (χ2n) is 7.13. The third-order valence-electron chi connectivity index (χ3n) is 4.95. The summed E-state index contributed by atoms with van der Waals surface area (Å²) in [7, 11) is -3.61. The monoisotopic (exact) mass is 492 g/mol. The number of hydrogen-bond donors (Lipinski definition) is 2. The van der Waals surface area contributed by atoms with Crippen LogP contribution in [0.1, 0.15) is 25.8 Å². The fourth-order valence-corrected chi connectivity index (χ4v) is 4.73. The van der Waals surface area contributed by atoms with Crippen LogP contribution < -0.4 is 14.8 Å². The number of carbonyl (C=O) groups is 2. The molecule has 0 bridgehead atoms. The molecule has 0 aliphatic carbocycles. The minimum atomic E-state index is -3.61. The molecule has 176 valence electrons. The Morgan fingerprint density at radius 2 is 1.88 bits per heavy atom. The number of ether oxygens (including phenoxy) is 1. The molecule has 2 aromatic carbocycles. The van der Waals surface area contributed by atoms with Crippen molar-refractivity contribution in [1.29, 1.82) is 0 Å². The lowest BCUT2D eigenvalue weighted by atomic mass is 10.2. The molecule has 0 spiro atoms. The second kappa shape index (κ2) is 10.7. The van der Waals surface area contributed by atoms with E-state index in [0.29, 0.717) is 30.1 Å². The highest BCUT2D eigenvalue weighted by Crippen LogP contribution is 2.28. The number of halogens is 1. The number of carbonyl (C=O) groups excluding carboxylic acids is 2. The van der Waals surface area contributed by atoms with Crippen molar-refractivity contribution in [2.75, 3.05) is 31.6 Å². The van der Waals surface area contributed by atoms with Crippen molar-refractivity contribution in [3.8, 4) is 5.75 Å². The van der Waals surface area contributed by atoms with Crippen LogP contribution in [0, 0.1) is 0 Å². The summed E-state index contributed by atoms with van der Waals surface area (Å²) in [6.45, 7) is 4.95. The summed E-state index contributed by atoms with van der Waals surface area (Å²) in [5.74, 6) is 0.119. The number of amidine groups is 1. The van der Waals surface area contributed by atoms with Crippen LogP contribution in [0.5, 0.6) is 5.75 Å². The van der Waals surface area contributed by atoms with Gasteiger partial charge in [0.1, 0.15) is 11.6 Å². The van der Waals surface area contributed by atoms with Gasteiger partial charge in [-0.1, -0.05) is 23.7 Å². The van der Waals surface area contributed by atoms with Crippen LogP contribution in [0.25, 0.3) is 0 Å². The lowest BCUT2D eigenvalue weighted by Crippen LogP contribution is -2.34. The predicted molar refractivity (Wildman–Crippen MR) is 126 cm³/mol. The number of anilines is 1. The molecule has 0 saturated carbocycles. The Balaban J connectivity index is 1.53. The van der Waals surface area contributed by atoms with E-state index in [-0.39, 0.29) is 47.1 Å². The van der Waals surface area contributed by atoms with Gasteiger partial charge in [-0.15, -0.1) is 0 Å². The third-order valence-corrected chi connectivity index (χ3v) is 6.65. The van der Waals surface area contributed by atoms with Crippen molar-refractivity contribution in [2.24, 2.45) is 4.99 Å². The topological polar surface area (TPSA) is 117 Å². The van der Waals surface area contributed by atoms with Crippen molar-refractivity contribution in [3.63, 3.8) is 0 Å². The first-order chi connectivity index (χ1) is 15.7. The van der Waals surface area contributed by atoms with Crippen molar-refractivity contribution < 1.29 is 22.7 Å². The van der Waals surface area contributed by atoms with Crippen LogP contribution in [-0.4, -0.2) is 57.2 Å². The number of nitrogens with one attached hydrogen (secondary N) is 2. The molecule has 1 heterocycles. The maximum absolute atomic E-state index is 12.3. The number of rotatable bonds is 9. The molecule has 0 fully saturated rings. The Bertz CT molecular complexity index is 1180. The fraction of sp³-hybridized carbons (Fsp3) is 0.318. The number of likely N-dealkylation sites (N-methyl/N-ethyl adjacent to an activating group) is 1. The van der Waals surface area contributed by atoms with Crippen LogP contribution >= 0.6 is 11.6 Å². The maximum Gasteiger partial charge on any atom is 0.263 e. The molecule has 0 atom stereocenters. The number of sulfonamides is 1. The molecule has 0 saturated heterocycles. The van der Waals surface area contributed by atoms with Crippen molar-refractivity contribution in [3.05, 3.63) is 53.1 Å². The number of hydrogen-bond acceptors (Lipinski definition) is 6. The number of aliphatic imine (C=N–C) groups is 1. The molecule has 0 radical (unpaired) electrons. The van der Waals surface area contributed by atoms with Gasteiger partial charge in [0.25, 0.3) is 15.9 Å². The fourth-order valence-electron chi connectivity index (χ4n) is 3.25. The highest BCUT2D eigenvalue weighted by atomic mass is 35.5. The summed E-state index contributed by atoms with van der Waals surface area (Å²) in [5.41, 5.74) is 0.951. The van der Waals surface area contributed by atoms with Crippen LogP contribution in [0.2, 0.25) is 5.02 Å². The van der Waals surface area contributed by atoms with E-state index < -0.39 is 10.0 Å². The molecule has 9 nitrogen and oxygen atoms in total. The molecular formula is C22H25ClN4O5S. The van der Waals surface area contributed by atoms with E-state index in [1.807, 2.05) is 13.8 Å². The molecule has 1 aliphatic rings. The lowest BCUT2D eigenvalue weighted by molar-refractivity contribution is -0.133. The van der Waals surface area contributed by atoms with E-state index in [1.165, 1.54) is 12.1 Å². The minimum absolute atomic E-state index is 0.0433. The molecule has 11 heteroatoms. The Morgan fingerprint density at radius 3 is 2.58 bits per heavy atom. The zero-order chi connectivity index (χ0) is 24.0. The number of amides is 2. The van der Waals surface area contributed by atoms with Gasteiger partial charge in [-0.2, -0.15) is 0 Å². The van der Waals surface area contributed by atoms with Gasteiger partial charge in [0.05, 0.1) is 16.5 Å². The summed E-state index contributed by atoms with van der Waals surface area (Å²) in [6.07, 6.45) is 0.0433. The van der Waals surface area contributed by atoms with Gasteiger partial charge in [0.2, 0.25) is 5.91 Å². The molecule has 2 aromatic rings. The zero-order valence-corrected chi connectivity index (χ0v) is 19.9. The van der Waals surface area contributed by atoms with E-state index in [1.54, 1.807) is 35.2 Å². The first-order valence-corrected chi connectivity index (χ1v) is 12.3. The molecule has 0 unspecified atom stereocenters. The van der Waals surface area contributed by atoms with Crippen molar-refractivity contribution in [2.45, 2.75) is 25.2 Å². The van der Waals surface area contributed by atoms with Crippen LogP contribution in [0.4, 0.5) is 5.69 Å². The molecule has 3 rings (SSSR count). The Morgan fingerprint density at radius 1 is 1.15 bits per heavy atom. The lowest BCUT2D eigenvalue weighted by Gasteiger charge is -2.19. The third kappa shape index (κ3) is 6.02. The summed E-state index contributed by atoms with van der Waals surface area (Å²) in [6, 6.07) is 11.3. The smallest absolute Gasteiger partial charge is 0.263 e. The first kappa shape index (κ1) is 24.5. The van der Waals surface area contributed by atoms with Gasteiger partial charge in [0, 0.05) is 30.8 Å². The summed E-state index contributed by atoms with van der Waals surface area (Å²) in [5, 5.41) is 2.97. The summed E-state index contributed by atoms with van der Waals surface area (Å²) < 4.78 is 32.1.